The van der Waals surface area contributed by atoms with Crippen LogP contribution in [0.25, 0.3) is 0 Å². The average Bonchev–Trinajstić information content (AvgIpc) is 2.63. The van der Waals surface area contributed by atoms with Crippen LogP contribution in [0, 0.1) is 5.92 Å². The van der Waals surface area contributed by atoms with Gasteiger partial charge < -0.3 is 9.88 Å². The molecule has 1 fully saturated rings. The van der Waals surface area contributed by atoms with Gasteiger partial charge in [0.15, 0.2) is 0 Å². The molecule has 15 heavy (non-hydrogen) atoms. The van der Waals surface area contributed by atoms with E-state index in [1.807, 2.05) is 11.6 Å². The molecule has 0 spiro atoms. The molecule has 0 amide bonds. The summed E-state index contributed by atoms with van der Waals surface area (Å²) in [4.78, 5) is 0. The Bertz CT molecular complexity index is 299. The molecule has 0 atom stereocenters. The molecule has 0 bridgehead atoms. The summed E-state index contributed by atoms with van der Waals surface area (Å²) < 4.78 is 1.97. The van der Waals surface area contributed by atoms with Gasteiger partial charge in [0.05, 0.1) is 6.54 Å². The summed E-state index contributed by atoms with van der Waals surface area (Å²) in [6.45, 7) is 3.19. The van der Waals surface area contributed by atoms with Crippen molar-refractivity contribution in [3.8, 4) is 0 Å². The van der Waals surface area contributed by atoms with E-state index in [9.17, 15) is 0 Å². The van der Waals surface area contributed by atoms with Crippen LogP contribution in [-0.4, -0.2) is 20.8 Å². The van der Waals surface area contributed by atoms with Gasteiger partial charge in [-0.3, -0.25) is 0 Å². The Kier molecular flexibility index (Phi) is 3.36. The molecular formula is C11H20N4. The van der Waals surface area contributed by atoms with Gasteiger partial charge in [-0.1, -0.05) is 6.92 Å². The van der Waals surface area contributed by atoms with E-state index >= 15 is 0 Å². The summed E-state index contributed by atoms with van der Waals surface area (Å²) in [6, 6.07) is 0.679. The fourth-order valence-electron chi connectivity index (χ4n) is 2.17. The molecule has 2 rings (SSSR count). The summed E-state index contributed by atoms with van der Waals surface area (Å²) in [7, 11) is 1.99. The molecule has 0 saturated heterocycles. The van der Waals surface area contributed by atoms with Crippen LogP contribution in [-0.2, 0) is 13.6 Å². The molecule has 1 heterocycles. The van der Waals surface area contributed by atoms with Crippen LogP contribution in [0.3, 0.4) is 0 Å². The van der Waals surface area contributed by atoms with E-state index in [0.29, 0.717) is 6.04 Å². The van der Waals surface area contributed by atoms with Gasteiger partial charge in [-0.05, 0) is 31.6 Å². The molecule has 4 heteroatoms. The topological polar surface area (TPSA) is 42.7 Å². The number of nitrogens with one attached hydrogen (secondary N) is 1. The third-order valence-electron chi connectivity index (χ3n) is 3.37. The lowest BCUT2D eigenvalue weighted by molar-refractivity contribution is 0.304. The summed E-state index contributed by atoms with van der Waals surface area (Å²) in [5, 5.41) is 11.5. The molecular weight excluding hydrogens is 188 g/mol. The molecule has 0 aromatic carbocycles. The molecule has 84 valence electrons. The third kappa shape index (κ3) is 2.78. The Labute approximate surface area is 91.1 Å². The van der Waals surface area contributed by atoms with Crippen LogP contribution >= 0.6 is 0 Å². The summed E-state index contributed by atoms with van der Waals surface area (Å²) in [5.41, 5.74) is 0. The highest BCUT2D eigenvalue weighted by molar-refractivity contribution is 4.85. The standard InChI is InChI=1S/C11H20N4/c1-9-3-5-10(6-4-9)12-7-11-14-13-8-15(11)2/h8-10,12H,3-7H2,1-2H3. The molecule has 1 aromatic heterocycles. The zero-order valence-corrected chi connectivity index (χ0v) is 9.61. The van der Waals surface area contributed by atoms with E-state index in [4.69, 9.17) is 0 Å². The first-order valence-electron chi connectivity index (χ1n) is 5.82. The third-order valence-corrected chi connectivity index (χ3v) is 3.37. The van der Waals surface area contributed by atoms with Crippen LogP contribution in [0.2, 0.25) is 0 Å². The Hall–Kier alpha value is -0.900. The Morgan fingerprint density at radius 1 is 1.40 bits per heavy atom. The Morgan fingerprint density at radius 2 is 2.13 bits per heavy atom. The Balaban J connectivity index is 1.77. The van der Waals surface area contributed by atoms with Gasteiger partial charge in [0.2, 0.25) is 0 Å². The zero-order valence-electron chi connectivity index (χ0n) is 9.61. The lowest BCUT2D eigenvalue weighted by atomic mass is 9.87. The van der Waals surface area contributed by atoms with Gasteiger partial charge in [-0.2, -0.15) is 0 Å². The molecule has 1 N–H and O–H groups in total. The summed E-state index contributed by atoms with van der Waals surface area (Å²) in [5.74, 6) is 1.94. The largest absolute Gasteiger partial charge is 0.320 e. The number of hydrogen-bond acceptors (Lipinski definition) is 3. The van der Waals surface area contributed by atoms with Gasteiger partial charge in [-0.25, -0.2) is 0 Å². The number of aromatic nitrogens is 3. The number of aryl methyl sites for hydroxylation is 1. The van der Waals surface area contributed by atoms with Crippen molar-refractivity contribution in [2.24, 2.45) is 13.0 Å². The maximum absolute atomic E-state index is 4.07. The maximum Gasteiger partial charge on any atom is 0.146 e. The minimum Gasteiger partial charge on any atom is -0.320 e. The normalized spacial score (nSPS) is 26.8. The number of rotatable bonds is 3. The monoisotopic (exact) mass is 208 g/mol. The fourth-order valence-corrected chi connectivity index (χ4v) is 2.17. The lowest BCUT2D eigenvalue weighted by Gasteiger charge is -2.26. The highest BCUT2D eigenvalue weighted by Crippen LogP contribution is 2.23. The highest BCUT2D eigenvalue weighted by Gasteiger charge is 2.17. The van der Waals surface area contributed by atoms with Crippen molar-refractivity contribution in [2.45, 2.75) is 45.2 Å². The number of hydrogen-bond donors (Lipinski definition) is 1. The van der Waals surface area contributed by atoms with Gasteiger partial charge in [0, 0.05) is 13.1 Å². The van der Waals surface area contributed by atoms with Crippen molar-refractivity contribution in [3.63, 3.8) is 0 Å². The van der Waals surface area contributed by atoms with Crippen molar-refractivity contribution >= 4 is 0 Å². The summed E-state index contributed by atoms with van der Waals surface area (Å²) >= 11 is 0. The SMILES string of the molecule is CC1CCC(NCc2nncn2C)CC1. The van der Waals surface area contributed by atoms with Crippen molar-refractivity contribution < 1.29 is 0 Å². The van der Waals surface area contributed by atoms with Crippen molar-refractivity contribution in [1.29, 1.82) is 0 Å². The first-order chi connectivity index (χ1) is 7.25. The van der Waals surface area contributed by atoms with Crippen LogP contribution < -0.4 is 5.32 Å². The fraction of sp³-hybridized carbons (Fsp3) is 0.818. The number of nitrogens with zero attached hydrogens (tertiary/aromatic N) is 3. The molecule has 0 radical (unpaired) electrons. The van der Waals surface area contributed by atoms with E-state index in [0.717, 1.165) is 18.3 Å². The van der Waals surface area contributed by atoms with Gasteiger partial charge in [-0.15, -0.1) is 10.2 Å². The molecule has 0 unspecified atom stereocenters. The van der Waals surface area contributed by atoms with Crippen LogP contribution in [0.1, 0.15) is 38.4 Å². The van der Waals surface area contributed by atoms with E-state index < -0.39 is 0 Å². The van der Waals surface area contributed by atoms with E-state index in [-0.39, 0.29) is 0 Å². The maximum atomic E-state index is 4.07. The minimum absolute atomic E-state index is 0.679. The minimum atomic E-state index is 0.679. The second-order valence-corrected chi connectivity index (χ2v) is 4.70. The molecule has 1 aliphatic rings. The quantitative estimate of drug-likeness (QED) is 0.818. The molecule has 1 saturated carbocycles. The molecule has 0 aliphatic heterocycles. The van der Waals surface area contributed by atoms with E-state index in [1.165, 1.54) is 25.7 Å². The predicted octanol–water partition coefficient (Wildman–Crippen LogP) is 1.48. The lowest BCUT2D eigenvalue weighted by Crippen LogP contribution is -2.33. The van der Waals surface area contributed by atoms with Crippen molar-refractivity contribution in [3.05, 3.63) is 12.2 Å². The first-order valence-corrected chi connectivity index (χ1v) is 5.82. The van der Waals surface area contributed by atoms with Crippen LogP contribution in [0.15, 0.2) is 6.33 Å². The second-order valence-electron chi connectivity index (χ2n) is 4.70. The van der Waals surface area contributed by atoms with Crippen molar-refractivity contribution in [2.75, 3.05) is 0 Å². The smallest absolute Gasteiger partial charge is 0.146 e. The zero-order chi connectivity index (χ0) is 10.7. The molecule has 1 aliphatic carbocycles. The van der Waals surface area contributed by atoms with Gasteiger partial charge in [0.25, 0.3) is 0 Å². The van der Waals surface area contributed by atoms with Crippen molar-refractivity contribution in [1.82, 2.24) is 20.1 Å². The van der Waals surface area contributed by atoms with Crippen LogP contribution in [0.4, 0.5) is 0 Å². The predicted molar refractivity (Wildman–Crippen MR) is 59.3 cm³/mol. The highest BCUT2D eigenvalue weighted by atomic mass is 15.3. The Morgan fingerprint density at radius 3 is 2.73 bits per heavy atom. The van der Waals surface area contributed by atoms with Gasteiger partial charge in [0.1, 0.15) is 12.2 Å². The van der Waals surface area contributed by atoms with E-state index in [2.05, 4.69) is 22.4 Å². The van der Waals surface area contributed by atoms with E-state index in [1.54, 1.807) is 6.33 Å². The second kappa shape index (κ2) is 4.75. The average molecular weight is 208 g/mol. The van der Waals surface area contributed by atoms with Crippen LogP contribution in [0.5, 0.6) is 0 Å². The molecule has 1 aromatic rings. The van der Waals surface area contributed by atoms with Gasteiger partial charge >= 0.3 is 0 Å². The molecule has 4 nitrogen and oxygen atoms in total. The summed E-state index contributed by atoms with van der Waals surface area (Å²) in [6.07, 6.45) is 7.07. The first kappa shape index (κ1) is 10.6.